The van der Waals surface area contributed by atoms with Crippen molar-refractivity contribution in [2.24, 2.45) is 0 Å². The highest BCUT2D eigenvalue weighted by Crippen LogP contribution is 2.36. The Balaban J connectivity index is 1.92. The summed E-state index contributed by atoms with van der Waals surface area (Å²) in [6, 6.07) is 17.2. The number of halogens is 2. The first-order valence-electron chi connectivity index (χ1n) is 8.02. The average molecular weight is 365 g/mol. The predicted molar refractivity (Wildman–Crippen MR) is 95.6 cm³/mol. The van der Waals surface area contributed by atoms with Gasteiger partial charge in [-0.3, -0.25) is 0 Å². The first-order chi connectivity index (χ1) is 13.1. The molecule has 2 heterocycles. The molecule has 0 fully saturated rings. The van der Waals surface area contributed by atoms with Crippen molar-refractivity contribution in [2.75, 3.05) is 5.73 Å². The van der Waals surface area contributed by atoms with Crippen LogP contribution in [0.5, 0.6) is 0 Å². The second kappa shape index (κ2) is 6.91. The van der Waals surface area contributed by atoms with Crippen LogP contribution in [0.4, 0.5) is 14.7 Å². The van der Waals surface area contributed by atoms with Crippen LogP contribution < -0.4 is 5.73 Å². The number of aromatic nitrogens is 4. The van der Waals surface area contributed by atoms with Crippen LogP contribution in [-0.4, -0.2) is 20.2 Å². The summed E-state index contributed by atoms with van der Waals surface area (Å²) in [5.74, 6) is -0.808. The molecule has 4 aromatic rings. The maximum Gasteiger partial charge on any atom is 0.314 e. The van der Waals surface area contributed by atoms with Crippen LogP contribution in [0.3, 0.4) is 0 Å². The minimum atomic E-state index is -2.86. The first kappa shape index (κ1) is 16.8. The van der Waals surface area contributed by atoms with Crippen LogP contribution in [0.2, 0.25) is 0 Å². The van der Waals surface area contributed by atoms with Crippen molar-refractivity contribution in [1.82, 2.24) is 20.2 Å². The normalized spacial score (nSPS) is 11.1. The molecule has 0 spiro atoms. The monoisotopic (exact) mass is 365 g/mol. The minimum Gasteiger partial charge on any atom is -0.415 e. The van der Waals surface area contributed by atoms with Gasteiger partial charge in [0, 0.05) is 11.8 Å². The van der Waals surface area contributed by atoms with Crippen molar-refractivity contribution in [2.45, 2.75) is 6.43 Å². The molecule has 134 valence electrons. The Hall–Kier alpha value is -3.68. The summed E-state index contributed by atoms with van der Waals surface area (Å²) < 4.78 is 30.7. The van der Waals surface area contributed by atoms with Crippen molar-refractivity contribution in [1.29, 1.82) is 0 Å². The second-order valence-electron chi connectivity index (χ2n) is 5.65. The zero-order chi connectivity index (χ0) is 18.8. The lowest BCUT2D eigenvalue weighted by molar-refractivity contribution is 0.116. The lowest BCUT2D eigenvalue weighted by atomic mass is 9.95. The van der Waals surface area contributed by atoms with E-state index >= 15 is 0 Å². The first-order valence-corrected chi connectivity index (χ1v) is 8.02. The SMILES string of the molecule is Nc1ncc(-c2nnc(C(F)F)o2)c(-c2ccccc2-c2ccccc2)n1. The zero-order valence-electron chi connectivity index (χ0n) is 13.9. The van der Waals surface area contributed by atoms with Gasteiger partial charge in [-0.15, -0.1) is 10.2 Å². The lowest BCUT2D eigenvalue weighted by Crippen LogP contribution is -1.99. The van der Waals surface area contributed by atoms with E-state index in [4.69, 9.17) is 10.2 Å². The van der Waals surface area contributed by atoms with E-state index in [1.54, 1.807) is 0 Å². The van der Waals surface area contributed by atoms with Crippen molar-refractivity contribution in [3.63, 3.8) is 0 Å². The summed E-state index contributed by atoms with van der Waals surface area (Å²) in [5, 5.41) is 7.08. The van der Waals surface area contributed by atoms with Crippen LogP contribution in [0, 0.1) is 0 Å². The number of anilines is 1. The topological polar surface area (TPSA) is 90.7 Å². The van der Waals surface area contributed by atoms with E-state index < -0.39 is 12.3 Å². The number of nitrogen functional groups attached to an aromatic ring is 1. The number of rotatable bonds is 4. The van der Waals surface area contributed by atoms with E-state index in [9.17, 15) is 8.78 Å². The highest BCUT2D eigenvalue weighted by Gasteiger charge is 2.22. The summed E-state index contributed by atoms with van der Waals surface area (Å²) in [5.41, 5.74) is 9.13. The third-order valence-electron chi connectivity index (χ3n) is 3.93. The molecule has 8 heteroatoms. The summed E-state index contributed by atoms with van der Waals surface area (Å²) in [6.45, 7) is 0. The van der Waals surface area contributed by atoms with Gasteiger partial charge < -0.3 is 10.2 Å². The number of benzene rings is 2. The van der Waals surface area contributed by atoms with Crippen molar-refractivity contribution < 1.29 is 13.2 Å². The molecule has 0 aliphatic heterocycles. The Morgan fingerprint density at radius 1 is 0.852 bits per heavy atom. The van der Waals surface area contributed by atoms with Gasteiger partial charge >= 0.3 is 6.43 Å². The summed E-state index contributed by atoms with van der Waals surface area (Å²) >= 11 is 0. The molecule has 27 heavy (non-hydrogen) atoms. The van der Waals surface area contributed by atoms with Crippen molar-refractivity contribution in [3.05, 3.63) is 66.7 Å². The highest BCUT2D eigenvalue weighted by molar-refractivity contribution is 5.87. The maximum atomic E-state index is 12.8. The Morgan fingerprint density at radius 2 is 1.56 bits per heavy atom. The number of alkyl halides is 2. The summed E-state index contributed by atoms with van der Waals surface area (Å²) in [7, 11) is 0. The molecule has 6 nitrogen and oxygen atoms in total. The highest BCUT2D eigenvalue weighted by atomic mass is 19.3. The molecule has 4 rings (SSSR count). The largest absolute Gasteiger partial charge is 0.415 e. The Bertz CT molecular complexity index is 1080. The van der Waals surface area contributed by atoms with E-state index in [1.807, 2.05) is 54.6 Å². The van der Waals surface area contributed by atoms with Gasteiger partial charge in [-0.2, -0.15) is 8.78 Å². The molecule has 0 radical (unpaired) electrons. The zero-order valence-corrected chi connectivity index (χ0v) is 13.9. The van der Waals surface area contributed by atoms with Crippen LogP contribution in [0.25, 0.3) is 33.8 Å². The number of nitrogens with two attached hydrogens (primary N) is 1. The number of hydrogen-bond acceptors (Lipinski definition) is 6. The van der Waals surface area contributed by atoms with Gasteiger partial charge in [-0.1, -0.05) is 54.6 Å². The van der Waals surface area contributed by atoms with Gasteiger partial charge in [0.15, 0.2) is 0 Å². The smallest absolute Gasteiger partial charge is 0.314 e. The Labute approximate surface area is 152 Å². The molecule has 2 N–H and O–H groups in total. The predicted octanol–water partition coefficient (Wildman–Crippen LogP) is 4.38. The van der Waals surface area contributed by atoms with Gasteiger partial charge in [-0.05, 0) is 11.1 Å². The molecule has 0 atom stereocenters. The second-order valence-corrected chi connectivity index (χ2v) is 5.65. The van der Waals surface area contributed by atoms with Gasteiger partial charge in [-0.25, -0.2) is 9.97 Å². The molecule has 0 amide bonds. The molecule has 0 bridgehead atoms. The lowest BCUT2D eigenvalue weighted by Gasteiger charge is -2.12. The molecular weight excluding hydrogens is 352 g/mol. The fourth-order valence-corrected chi connectivity index (χ4v) is 2.75. The van der Waals surface area contributed by atoms with Crippen molar-refractivity contribution in [3.8, 4) is 33.8 Å². The molecule has 0 aliphatic carbocycles. The Morgan fingerprint density at radius 3 is 2.26 bits per heavy atom. The van der Waals surface area contributed by atoms with Crippen molar-refractivity contribution >= 4 is 5.95 Å². The third-order valence-corrected chi connectivity index (χ3v) is 3.93. The van der Waals surface area contributed by atoms with Gasteiger partial charge in [0.25, 0.3) is 11.8 Å². The minimum absolute atomic E-state index is 0.0465. The fourth-order valence-electron chi connectivity index (χ4n) is 2.75. The van der Waals surface area contributed by atoms with E-state index in [0.717, 1.165) is 16.7 Å². The Kier molecular flexibility index (Phi) is 4.29. The third kappa shape index (κ3) is 3.24. The molecule has 0 saturated carbocycles. The molecule has 0 unspecified atom stereocenters. The van der Waals surface area contributed by atoms with Crippen LogP contribution in [0.15, 0.2) is 65.2 Å². The van der Waals surface area contributed by atoms with Crippen LogP contribution in [-0.2, 0) is 0 Å². The maximum absolute atomic E-state index is 12.8. The van der Waals surface area contributed by atoms with Crippen LogP contribution >= 0.6 is 0 Å². The molecular formula is C19H13F2N5O. The average Bonchev–Trinajstić information content (AvgIpc) is 3.19. The van der Waals surface area contributed by atoms with Gasteiger partial charge in [0.2, 0.25) is 5.95 Å². The van der Waals surface area contributed by atoms with Gasteiger partial charge in [0.1, 0.15) is 0 Å². The van der Waals surface area contributed by atoms with Gasteiger partial charge in [0.05, 0.1) is 11.3 Å². The molecule has 2 aromatic carbocycles. The standard InChI is InChI=1S/C19H13F2N5O/c20-16(21)18-26-25-17(27-18)14-10-23-19(22)24-15(14)13-9-5-4-8-12(13)11-6-2-1-3-7-11/h1-10,16H,(H2,22,23,24). The molecule has 0 aliphatic rings. The van der Waals surface area contributed by atoms with E-state index in [0.29, 0.717) is 11.3 Å². The summed E-state index contributed by atoms with van der Waals surface area (Å²) in [4.78, 5) is 8.26. The molecule has 2 aromatic heterocycles. The van der Waals surface area contributed by atoms with E-state index in [-0.39, 0.29) is 11.8 Å². The van der Waals surface area contributed by atoms with E-state index in [1.165, 1.54) is 6.20 Å². The number of hydrogen-bond donors (Lipinski definition) is 1. The number of nitrogens with zero attached hydrogens (tertiary/aromatic N) is 4. The molecule has 0 saturated heterocycles. The van der Waals surface area contributed by atoms with E-state index in [2.05, 4.69) is 20.2 Å². The fraction of sp³-hybridized carbons (Fsp3) is 0.0526. The quantitative estimate of drug-likeness (QED) is 0.577. The summed E-state index contributed by atoms with van der Waals surface area (Å²) in [6.07, 6.45) is -1.47. The van der Waals surface area contributed by atoms with Crippen LogP contribution in [0.1, 0.15) is 12.3 Å².